The molecule has 0 unspecified atom stereocenters. The number of rotatable bonds is 5. The van der Waals surface area contributed by atoms with Crippen LogP contribution in [0.4, 0.5) is 0 Å². The molecule has 0 aliphatic carbocycles. The minimum absolute atomic E-state index is 0.277. The first-order valence-corrected chi connectivity index (χ1v) is 7.51. The van der Waals surface area contributed by atoms with Crippen LogP contribution in [-0.4, -0.2) is 29.7 Å². The fraction of sp³-hybridized carbons (Fsp3) is 0.400. The molecule has 0 atom stereocenters. The van der Waals surface area contributed by atoms with E-state index in [9.17, 15) is 4.79 Å². The molecule has 5 nitrogen and oxygen atoms in total. The minimum Gasteiger partial charge on any atom is -0.481 e. The van der Waals surface area contributed by atoms with Gasteiger partial charge in [-0.25, -0.2) is 9.97 Å². The summed E-state index contributed by atoms with van der Waals surface area (Å²) < 4.78 is 10.2. The van der Waals surface area contributed by atoms with Crippen molar-refractivity contribution in [2.75, 3.05) is 13.7 Å². The van der Waals surface area contributed by atoms with E-state index in [1.807, 2.05) is 31.4 Å². The Hall–Kier alpha value is -1.95. The molecule has 0 amide bonds. The van der Waals surface area contributed by atoms with Gasteiger partial charge in [0.05, 0.1) is 19.4 Å². The van der Waals surface area contributed by atoms with Gasteiger partial charge in [-0.15, -0.1) is 11.3 Å². The number of pyridine rings is 1. The summed E-state index contributed by atoms with van der Waals surface area (Å²) in [5.74, 6) is 0.259. The number of hydrogen-bond acceptors (Lipinski definition) is 6. The second kappa shape index (κ2) is 6.22. The van der Waals surface area contributed by atoms with E-state index in [4.69, 9.17) is 9.47 Å². The molecule has 0 aromatic carbocycles. The lowest BCUT2D eigenvalue weighted by atomic mass is 9.90. The van der Waals surface area contributed by atoms with Crippen molar-refractivity contribution in [2.45, 2.75) is 26.2 Å². The van der Waals surface area contributed by atoms with Crippen LogP contribution < -0.4 is 4.74 Å². The van der Waals surface area contributed by atoms with Gasteiger partial charge in [0, 0.05) is 11.4 Å². The maximum Gasteiger partial charge on any atom is 0.317 e. The van der Waals surface area contributed by atoms with Crippen molar-refractivity contribution >= 4 is 17.3 Å². The predicted molar refractivity (Wildman–Crippen MR) is 81.6 cm³/mol. The Bertz CT molecular complexity index is 637. The Morgan fingerprint density at radius 1 is 1.33 bits per heavy atom. The molecule has 2 aromatic rings. The van der Waals surface area contributed by atoms with Gasteiger partial charge in [0.2, 0.25) is 5.88 Å². The lowest BCUT2D eigenvalue weighted by Gasteiger charge is -2.19. The number of carbonyl (C=O) groups is 1. The molecule has 112 valence electrons. The molecule has 0 aliphatic rings. The van der Waals surface area contributed by atoms with E-state index < -0.39 is 5.41 Å². The summed E-state index contributed by atoms with van der Waals surface area (Å²) in [5, 5.41) is 2.62. The third-order valence-corrected chi connectivity index (χ3v) is 3.95. The van der Waals surface area contributed by atoms with Gasteiger partial charge in [0.15, 0.2) is 0 Å². The molecule has 21 heavy (non-hydrogen) atoms. The zero-order chi connectivity index (χ0) is 15.5. The van der Waals surface area contributed by atoms with Gasteiger partial charge < -0.3 is 9.47 Å². The van der Waals surface area contributed by atoms with E-state index in [2.05, 4.69) is 9.97 Å². The molecular weight excluding hydrogens is 288 g/mol. The number of carbonyl (C=O) groups excluding carboxylic acids is 1. The first-order chi connectivity index (χ1) is 9.98. The van der Waals surface area contributed by atoms with E-state index in [0.29, 0.717) is 18.2 Å². The smallest absolute Gasteiger partial charge is 0.317 e. The first kappa shape index (κ1) is 15.4. The Morgan fingerprint density at radius 2 is 2.10 bits per heavy atom. The van der Waals surface area contributed by atoms with Crippen LogP contribution >= 0.6 is 11.3 Å². The highest BCUT2D eigenvalue weighted by atomic mass is 32.1. The van der Waals surface area contributed by atoms with Crippen LogP contribution in [0.25, 0.3) is 10.7 Å². The van der Waals surface area contributed by atoms with E-state index in [-0.39, 0.29) is 5.97 Å². The fourth-order valence-corrected chi connectivity index (χ4v) is 2.70. The van der Waals surface area contributed by atoms with Crippen LogP contribution in [0.5, 0.6) is 5.88 Å². The number of thiazole rings is 1. The average molecular weight is 306 g/mol. The van der Waals surface area contributed by atoms with Crippen molar-refractivity contribution < 1.29 is 14.3 Å². The molecule has 0 N–H and O–H groups in total. The van der Waals surface area contributed by atoms with Crippen molar-refractivity contribution in [3.05, 3.63) is 29.3 Å². The summed E-state index contributed by atoms with van der Waals surface area (Å²) in [6.45, 7) is 5.77. The van der Waals surface area contributed by atoms with Crippen LogP contribution in [0, 0.1) is 0 Å². The standard InChI is InChI=1S/C15H18N2O3S/c1-5-20-14(18)15(2,3)11-9-21-13(17-11)10-7-6-8-12(16-10)19-4/h6-9H,5H2,1-4H3. The summed E-state index contributed by atoms with van der Waals surface area (Å²) in [6.07, 6.45) is 0. The number of esters is 1. The van der Waals surface area contributed by atoms with Crippen LogP contribution in [0.15, 0.2) is 23.6 Å². The summed E-state index contributed by atoms with van der Waals surface area (Å²) in [6, 6.07) is 5.50. The maximum atomic E-state index is 12.0. The average Bonchev–Trinajstić information content (AvgIpc) is 2.98. The van der Waals surface area contributed by atoms with Gasteiger partial charge >= 0.3 is 5.97 Å². The highest BCUT2D eigenvalue weighted by molar-refractivity contribution is 7.13. The minimum atomic E-state index is -0.774. The Kier molecular flexibility index (Phi) is 4.57. The Morgan fingerprint density at radius 3 is 2.76 bits per heavy atom. The summed E-state index contributed by atoms with van der Waals surface area (Å²) in [7, 11) is 1.57. The molecule has 2 rings (SSSR count). The third-order valence-electron chi connectivity index (χ3n) is 3.08. The molecule has 0 saturated carbocycles. The SMILES string of the molecule is CCOC(=O)C(C)(C)c1csc(-c2cccc(OC)n2)n1. The van der Waals surface area contributed by atoms with Gasteiger partial charge in [-0.1, -0.05) is 6.07 Å². The number of ether oxygens (including phenoxy) is 2. The first-order valence-electron chi connectivity index (χ1n) is 6.63. The molecule has 2 heterocycles. The quantitative estimate of drug-likeness (QED) is 0.795. The number of nitrogens with zero attached hydrogens (tertiary/aromatic N) is 2. The zero-order valence-electron chi connectivity index (χ0n) is 12.5. The second-order valence-electron chi connectivity index (χ2n) is 4.95. The van der Waals surface area contributed by atoms with E-state index >= 15 is 0 Å². The Labute approximate surface area is 128 Å². The van der Waals surface area contributed by atoms with Gasteiger partial charge in [0.25, 0.3) is 0 Å². The molecule has 0 bridgehead atoms. The molecule has 0 radical (unpaired) electrons. The van der Waals surface area contributed by atoms with Crippen LogP contribution in [0.2, 0.25) is 0 Å². The van der Waals surface area contributed by atoms with E-state index in [1.54, 1.807) is 20.1 Å². The van der Waals surface area contributed by atoms with Crippen molar-refractivity contribution in [3.8, 4) is 16.6 Å². The molecule has 0 fully saturated rings. The molecule has 2 aromatic heterocycles. The molecule has 6 heteroatoms. The highest BCUT2D eigenvalue weighted by Crippen LogP contribution is 2.30. The molecular formula is C15H18N2O3S. The maximum absolute atomic E-state index is 12.0. The molecule has 0 spiro atoms. The third kappa shape index (κ3) is 3.21. The van der Waals surface area contributed by atoms with Crippen molar-refractivity contribution in [2.24, 2.45) is 0 Å². The monoisotopic (exact) mass is 306 g/mol. The van der Waals surface area contributed by atoms with Crippen molar-refractivity contribution in [1.82, 2.24) is 9.97 Å². The second-order valence-corrected chi connectivity index (χ2v) is 5.81. The normalized spacial score (nSPS) is 11.2. The van der Waals surface area contributed by atoms with Gasteiger partial charge in [0.1, 0.15) is 16.1 Å². The molecule has 0 saturated heterocycles. The van der Waals surface area contributed by atoms with Crippen molar-refractivity contribution in [3.63, 3.8) is 0 Å². The van der Waals surface area contributed by atoms with Gasteiger partial charge in [-0.05, 0) is 26.8 Å². The fourth-order valence-electron chi connectivity index (χ4n) is 1.74. The van der Waals surface area contributed by atoms with Crippen LogP contribution in [-0.2, 0) is 14.9 Å². The van der Waals surface area contributed by atoms with Crippen LogP contribution in [0.3, 0.4) is 0 Å². The number of hydrogen-bond donors (Lipinski definition) is 0. The number of methoxy groups -OCH3 is 1. The van der Waals surface area contributed by atoms with Gasteiger partial charge in [-0.3, -0.25) is 4.79 Å². The zero-order valence-corrected chi connectivity index (χ0v) is 13.4. The summed E-state index contributed by atoms with van der Waals surface area (Å²) >= 11 is 1.45. The Balaban J connectivity index is 2.30. The highest BCUT2D eigenvalue weighted by Gasteiger charge is 2.34. The lowest BCUT2D eigenvalue weighted by Crippen LogP contribution is -2.31. The van der Waals surface area contributed by atoms with E-state index in [0.717, 1.165) is 10.7 Å². The van der Waals surface area contributed by atoms with Crippen molar-refractivity contribution in [1.29, 1.82) is 0 Å². The number of aromatic nitrogens is 2. The topological polar surface area (TPSA) is 61.3 Å². The van der Waals surface area contributed by atoms with Crippen LogP contribution in [0.1, 0.15) is 26.5 Å². The van der Waals surface area contributed by atoms with E-state index in [1.165, 1.54) is 11.3 Å². The summed E-state index contributed by atoms with van der Waals surface area (Å²) in [4.78, 5) is 20.9. The lowest BCUT2D eigenvalue weighted by molar-refractivity contribution is -0.148. The van der Waals surface area contributed by atoms with Gasteiger partial charge in [-0.2, -0.15) is 0 Å². The largest absolute Gasteiger partial charge is 0.481 e. The molecule has 0 aliphatic heterocycles. The summed E-state index contributed by atoms with van der Waals surface area (Å²) in [5.41, 5.74) is 0.639. The predicted octanol–water partition coefficient (Wildman–Crippen LogP) is 3.05.